The van der Waals surface area contributed by atoms with E-state index in [1.165, 1.54) is 6.07 Å². The van der Waals surface area contributed by atoms with Crippen LogP contribution in [0.15, 0.2) is 47.1 Å². The largest absolute Gasteiger partial charge is 0.467 e. The zero-order valence-electron chi connectivity index (χ0n) is 15.0. The topological polar surface area (TPSA) is 28.4 Å². The molecular weight excluding hydrogens is 361 g/mol. The van der Waals surface area contributed by atoms with Gasteiger partial charge >= 0.3 is 6.18 Å². The summed E-state index contributed by atoms with van der Waals surface area (Å²) in [5.41, 5.74) is -0.399. The standard InChI is InChI=1S/C19H23F3N2OS/c1-13(2)9-10-24(14(3)17-8-5-11-25-17)18(26)23-16-7-4-6-15(12-16)19(20,21)22/h4-8,11-14H,9-10H2,1-3H3,(H,23,26). The second-order valence-corrected chi connectivity index (χ2v) is 6.96. The zero-order valence-corrected chi connectivity index (χ0v) is 15.8. The van der Waals surface area contributed by atoms with E-state index in [4.69, 9.17) is 16.6 Å². The van der Waals surface area contributed by atoms with E-state index < -0.39 is 11.7 Å². The summed E-state index contributed by atoms with van der Waals surface area (Å²) in [6.45, 7) is 6.85. The number of rotatable bonds is 6. The van der Waals surface area contributed by atoms with Gasteiger partial charge in [0.1, 0.15) is 5.76 Å². The van der Waals surface area contributed by atoms with E-state index in [2.05, 4.69) is 19.2 Å². The molecule has 2 aromatic rings. The summed E-state index contributed by atoms with van der Waals surface area (Å²) in [5, 5.41) is 3.31. The van der Waals surface area contributed by atoms with Gasteiger partial charge in [-0.05, 0) is 61.8 Å². The van der Waals surface area contributed by atoms with Crippen LogP contribution in [-0.2, 0) is 6.18 Å². The Morgan fingerprint density at radius 1 is 1.19 bits per heavy atom. The maximum Gasteiger partial charge on any atom is 0.416 e. The van der Waals surface area contributed by atoms with E-state index in [1.807, 2.05) is 17.9 Å². The number of furan rings is 1. The van der Waals surface area contributed by atoms with Crippen molar-refractivity contribution in [3.63, 3.8) is 0 Å². The Hall–Kier alpha value is -2.02. The highest BCUT2D eigenvalue weighted by molar-refractivity contribution is 7.80. The Kier molecular flexibility index (Phi) is 6.69. The number of nitrogens with zero attached hydrogens (tertiary/aromatic N) is 1. The van der Waals surface area contributed by atoms with Gasteiger partial charge in [-0.2, -0.15) is 13.2 Å². The molecule has 0 saturated heterocycles. The van der Waals surface area contributed by atoms with Crippen LogP contribution in [0.3, 0.4) is 0 Å². The molecule has 3 nitrogen and oxygen atoms in total. The molecule has 1 atom stereocenters. The van der Waals surface area contributed by atoms with Crippen LogP contribution in [0.5, 0.6) is 0 Å². The molecule has 0 aliphatic heterocycles. The van der Waals surface area contributed by atoms with E-state index in [0.717, 1.165) is 24.3 Å². The van der Waals surface area contributed by atoms with Crippen molar-refractivity contribution in [3.8, 4) is 0 Å². The first kappa shape index (κ1) is 20.3. The average molecular weight is 384 g/mol. The molecule has 0 amide bonds. The van der Waals surface area contributed by atoms with Crippen LogP contribution >= 0.6 is 12.2 Å². The van der Waals surface area contributed by atoms with Crippen molar-refractivity contribution in [1.29, 1.82) is 0 Å². The number of hydrogen-bond acceptors (Lipinski definition) is 2. The summed E-state index contributed by atoms with van der Waals surface area (Å²) in [4.78, 5) is 1.94. The van der Waals surface area contributed by atoms with Crippen molar-refractivity contribution in [2.24, 2.45) is 5.92 Å². The third-order valence-electron chi connectivity index (χ3n) is 4.07. The van der Waals surface area contributed by atoms with Crippen LogP contribution in [-0.4, -0.2) is 16.6 Å². The van der Waals surface area contributed by atoms with Crippen molar-refractivity contribution in [1.82, 2.24) is 4.90 Å². The number of hydrogen-bond donors (Lipinski definition) is 1. The first-order chi connectivity index (χ1) is 12.2. The van der Waals surface area contributed by atoms with Crippen LogP contribution in [0.1, 0.15) is 44.6 Å². The van der Waals surface area contributed by atoms with Gasteiger partial charge in [0.2, 0.25) is 0 Å². The molecule has 1 heterocycles. The first-order valence-corrected chi connectivity index (χ1v) is 8.87. The number of alkyl halides is 3. The molecule has 1 aromatic heterocycles. The van der Waals surface area contributed by atoms with E-state index in [-0.39, 0.29) is 6.04 Å². The second-order valence-electron chi connectivity index (χ2n) is 6.58. The van der Waals surface area contributed by atoms with E-state index in [0.29, 0.717) is 23.3 Å². The lowest BCUT2D eigenvalue weighted by atomic mass is 10.1. The Bertz CT molecular complexity index is 714. The van der Waals surface area contributed by atoms with Gasteiger partial charge in [-0.3, -0.25) is 0 Å². The highest BCUT2D eigenvalue weighted by Gasteiger charge is 2.30. The van der Waals surface area contributed by atoms with Crippen molar-refractivity contribution in [3.05, 3.63) is 54.0 Å². The molecule has 7 heteroatoms. The van der Waals surface area contributed by atoms with Crippen LogP contribution < -0.4 is 5.32 Å². The van der Waals surface area contributed by atoms with Gasteiger partial charge in [0.25, 0.3) is 0 Å². The number of thiocarbonyl (C=S) groups is 1. The third kappa shape index (κ3) is 5.49. The van der Waals surface area contributed by atoms with Gasteiger partial charge in [-0.1, -0.05) is 19.9 Å². The molecule has 26 heavy (non-hydrogen) atoms. The Morgan fingerprint density at radius 2 is 1.92 bits per heavy atom. The monoisotopic (exact) mass is 384 g/mol. The molecule has 0 spiro atoms. The van der Waals surface area contributed by atoms with Crippen molar-refractivity contribution in [2.45, 2.75) is 39.4 Å². The predicted molar refractivity (Wildman–Crippen MR) is 101 cm³/mol. The van der Waals surface area contributed by atoms with Gasteiger partial charge in [-0.25, -0.2) is 0 Å². The number of nitrogens with one attached hydrogen (secondary N) is 1. The minimum atomic E-state index is -4.39. The third-order valence-corrected chi connectivity index (χ3v) is 4.41. The molecule has 1 unspecified atom stereocenters. The zero-order chi connectivity index (χ0) is 19.3. The molecule has 0 bridgehead atoms. The van der Waals surface area contributed by atoms with Crippen molar-refractivity contribution in [2.75, 3.05) is 11.9 Å². The summed E-state index contributed by atoms with van der Waals surface area (Å²) in [7, 11) is 0. The quantitative estimate of drug-likeness (QED) is 0.609. The molecule has 1 N–H and O–H groups in total. The van der Waals surface area contributed by atoms with Crippen molar-refractivity contribution < 1.29 is 17.6 Å². The minimum absolute atomic E-state index is 0.130. The first-order valence-electron chi connectivity index (χ1n) is 8.46. The molecule has 0 aliphatic carbocycles. The molecular formula is C19H23F3N2OS. The summed E-state index contributed by atoms with van der Waals surface area (Å²) >= 11 is 5.49. The van der Waals surface area contributed by atoms with Crippen LogP contribution in [0.25, 0.3) is 0 Å². The summed E-state index contributed by atoms with van der Waals surface area (Å²) in [6, 6.07) is 8.56. The van der Waals surface area contributed by atoms with E-state index >= 15 is 0 Å². The smallest absolute Gasteiger partial charge is 0.416 e. The molecule has 1 aromatic carbocycles. The lowest BCUT2D eigenvalue weighted by molar-refractivity contribution is -0.137. The molecule has 142 valence electrons. The Balaban J connectivity index is 2.18. The number of benzene rings is 1. The fourth-order valence-corrected chi connectivity index (χ4v) is 2.89. The van der Waals surface area contributed by atoms with Crippen molar-refractivity contribution >= 4 is 23.0 Å². The SMILES string of the molecule is CC(C)CCN(C(=S)Nc1cccc(C(F)(F)F)c1)C(C)c1ccco1. The van der Waals surface area contributed by atoms with Crippen LogP contribution in [0.2, 0.25) is 0 Å². The molecule has 0 fully saturated rings. The van der Waals surface area contributed by atoms with Gasteiger partial charge < -0.3 is 14.6 Å². The van der Waals surface area contributed by atoms with Crippen LogP contribution in [0, 0.1) is 5.92 Å². The number of halogens is 3. The highest BCUT2D eigenvalue weighted by Crippen LogP contribution is 2.31. The lowest BCUT2D eigenvalue weighted by Crippen LogP contribution is -2.38. The Morgan fingerprint density at radius 3 is 2.50 bits per heavy atom. The van der Waals surface area contributed by atoms with Gasteiger partial charge in [0, 0.05) is 12.2 Å². The number of anilines is 1. The average Bonchev–Trinajstić information content (AvgIpc) is 3.08. The normalized spacial score (nSPS) is 12.9. The molecule has 2 rings (SSSR count). The summed E-state index contributed by atoms with van der Waals surface area (Å²) < 4.78 is 44.2. The maximum absolute atomic E-state index is 12.9. The van der Waals surface area contributed by atoms with E-state index in [9.17, 15) is 13.2 Å². The Labute approximate surface area is 157 Å². The summed E-state index contributed by atoms with van der Waals surface area (Å²) in [6.07, 6.45) is -1.90. The fourth-order valence-electron chi connectivity index (χ4n) is 2.52. The van der Waals surface area contributed by atoms with Crippen LogP contribution in [0.4, 0.5) is 18.9 Å². The van der Waals surface area contributed by atoms with Gasteiger partial charge in [0.15, 0.2) is 5.11 Å². The minimum Gasteiger partial charge on any atom is -0.467 e. The van der Waals surface area contributed by atoms with Gasteiger partial charge in [0.05, 0.1) is 17.9 Å². The summed E-state index contributed by atoms with van der Waals surface area (Å²) in [5.74, 6) is 1.22. The second kappa shape index (κ2) is 8.58. The fraction of sp³-hybridized carbons (Fsp3) is 0.421. The molecule has 0 aliphatic rings. The highest BCUT2D eigenvalue weighted by atomic mass is 32.1. The predicted octanol–water partition coefficient (Wildman–Crippen LogP) is 6.10. The molecule has 0 saturated carbocycles. The van der Waals surface area contributed by atoms with E-state index in [1.54, 1.807) is 18.4 Å². The van der Waals surface area contributed by atoms with Gasteiger partial charge in [-0.15, -0.1) is 0 Å². The maximum atomic E-state index is 12.9. The lowest BCUT2D eigenvalue weighted by Gasteiger charge is -2.31. The molecule has 0 radical (unpaired) electrons.